The van der Waals surface area contributed by atoms with Crippen LogP contribution < -0.4 is 4.90 Å². The summed E-state index contributed by atoms with van der Waals surface area (Å²) in [7, 11) is 1.75. The Morgan fingerprint density at radius 3 is 3.06 bits per heavy atom. The van der Waals surface area contributed by atoms with E-state index in [1.54, 1.807) is 13.3 Å². The van der Waals surface area contributed by atoms with Crippen LogP contribution in [0.4, 0.5) is 5.82 Å². The normalized spacial score (nSPS) is 20.4. The highest BCUT2D eigenvalue weighted by Gasteiger charge is 2.21. The Hall–Kier alpha value is -1.42. The predicted molar refractivity (Wildman–Crippen MR) is 66.6 cm³/mol. The zero-order valence-electron chi connectivity index (χ0n) is 10.3. The summed E-state index contributed by atoms with van der Waals surface area (Å²) in [5.41, 5.74) is 1.68. The summed E-state index contributed by atoms with van der Waals surface area (Å²) in [6.45, 7) is 3.88. The van der Waals surface area contributed by atoms with Crippen LogP contribution in [0.1, 0.15) is 28.8 Å². The fraction of sp³-hybridized carbons (Fsp3) is 0.538. The van der Waals surface area contributed by atoms with Gasteiger partial charge in [0, 0.05) is 32.0 Å². The molecular formula is C13H18N2O2. The van der Waals surface area contributed by atoms with Gasteiger partial charge in [-0.25, -0.2) is 4.98 Å². The smallest absolute Gasteiger partial charge is 0.151 e. The number of rotatable bonds is 3. The third kappa shape index (κ3) is 2.64. The molecule has 17 heavy (non-hydrogen) atoms. The van der Waals surface area contributed by atoms with E-state index < -0.39 is 0 Å². The van der Waals surface area contributed by atoms with Gasteiger partial charge in [0.2, 0.25) is 0 Å². The minimum absolute atomic E-state index is 0.288. The second-order valence-corrected chi connectivity index (χ2v) is 4.47. The maximum absolute atomic E-state index is 10.7. The summed E-state index contributed by atoms with van der Waals surface area (Å²) in [6.07, 6.45) is 4.98. The molecule has 1 aromatic rings. The number of pyridine rings is 1. The van der Waals surface area contributed by atoms with Crippen LogP contribution >= 0.6 is 0 Å². The van der Waals surface area contributed by atoms with Gasteiger partial charge in [0.1, 0.15) is 5.82 Å². The summed E-state index contributed by atoms with van der Waals surface area (Å²) >= 11 is 0. The number of hydrogen-bond acceptors (Lipinski definition) is 4. The quantitative estimate of drug-likeness (QED) is 0.748. The standard InChI is InChI=1S/C13H18N2O2/c1-10-6-11(9-16)7-14-13(10)15-5-3-4-12(8-15)17-2/h6-7,9,12H,3-5,8H2,1-2H3. The lowest BCUT2D eigenvalue weighted by Gasteiger charge is -2.33. The minimum atomic E-state index is 0.288. The van der Waals surface area contributed by atoms with Crippen molar-refractivity contribution in [1.29, 1.82) is 0 Å². The van der Waals surface area contributed by atoms with Crippen LogP contribution in [-0.2, 0) is 4.74 Å². The largest absolute Gasteiger partial charge is 0.380 e. The first kappa shape index (κ1) is 12.0. The lowest BCUT2D eigenvalue weighted by Crippen LogP contribution is -2.40. The Morgan fingerprint density at radius 1 is 1.59 bits per heavy atom. The van der Waals surface area contributed by atoms with Gasteiger partial charge in [-0.15, -0.1) is 0 Å². The summed E-state index contributed by atoms with van der Waals surface area (Å²) in [5.74, 6) is 0.970. The molecule has 0 aromatic carbocycles. The molecule has 1 unspecified atom stereocenters. The molecule has 0 radical (unpaired) electrons. The van der Waals surface area contributed by atoms with Crippen LogP contribution in [0.3, 0.4) is 0 Å². The molecule has 0 N–H and O–H groups in total. The molecule has 0 saturated carbocycles. The van der Waals surface area contributed by atoms with E-state index in [-0.39, 0.29) is 6.10 Å². The molecule has 2 rings (SSSR count). The number of carbonyl (C=O) groups is 1. The molecule has 2 heterocycles. The zero-order valence-corrected chi connectivity index (χ0v) is 10.3. The van der Waals surface area contributed by atoms with E-state index in [0.717, 1.165) is 43.6 Å². The van der Waals surface area contributed by atoms with Gasteiger partial charge in [-0.3, -0.25) is 4.79 Å². The number of aromatic nitrogens is 1. The molecule has 1 saturated heterocycles. The number of hydrogen-bond donors (Lipinski definition) is 0. The van der Waals surface area contributed by atoms with Crippen LogP contribution in [0.25, 0.3) is 0 Å². The number of methoxy groups -OCH3 is 1. The first-order valence-corrected chi connectivity index (χ1v) is 5.94. The van der Waals surface area contributed by atoms with Crippen LogP contribution in [0.5, 0.6) is 0 Å². The molecule has 1 aromatic heterocycles. The SMILES string of the molecule is COC1CCCN(c2ncc(C=O)cc2C)C1. The van der Waals surface area contributed by atoms with Gasteiger partial charge >= 0.3 is 0 Å². The molecule has 1 atom stereocenters. The summed E-state index contributed by atoms with van der Waals surface area (Å²) in [6, 6.07) is 1.88. The van der Waals surface area contributed by atoms with Gasteiger partial charge in [-0.1, -0.05) is 0 Å². The summed E-state index contributed by atoms with van der Waals surface area (Å²) in [5, 5.41) is 0. The van der Waals surface area contributed by atoms with Crippen molar-refractivity contribution in [2.75, 3.05) is 25.1 Å². The van der Waals surface area contributed by atoms with Crippen molar-refractivity contribution in [3.8, 4) is 0 Å². The average Bonchev–Trinajstić information content (AvgIpc) is 2.38. The van der Waals surface area contributed by atoms with Crippen LogP contribution in [-0.4, -0.2) is 37.6 Å². The number of aryl methyl sites for hydroxylation is 1. The second kappa shape index (κ2) is 5.27. The molecule has 0 bridgehead atoms. The molecule has 0 aliphatic carbocycles. The highest BCUT2D eigenvalue weighted by Crippen LogP contribution is 2.22. The third-order valence-electron chi connectivity index (χ3n) is 3.22. The molecular weight excluding hydrogens is 216 g/mol. The monoisotopic (exact) mass is 234 g/mol. The fourth-order valence-corrected chi connectivity index (χ4v) is 2.31. The van der Waals surface area contributed by atoms with E-state index >= 15 is 0 Å². The predicted octanol–water partition coefficient (Wildman–Crippen LogP) is 1.82. The zero-order chi connectivity index (χ0) is 12.3. The first-order chi connectivity index (χ1) is 8.24. The molecule has 4 nitrogen and oxygen atoms in total. The minimum Gasteiger partial charge on any atom is -0.380 e. The lowest BCUT2D eigenvalue weighted by atomic mass is 10.1. The number of anilines is 1. The van der Waals surface area contributed by atoms with Gasteiger partial charge < -0.3 is 9.64 Å². The van der Waals surface area contributed by atoms with E-state index in [1.165, 1.54) is 0 Å². The maximum atomic E-state index is 10.7. The Balaban J connectivity index is 2.18. The molecule has 1 fully saturated rings. The fourth-order valence-electron chi connectivity index (χ4n) is 2.31. The van der Waals surface area contributed by atoms with Gasteiger partial charge in [0.25, 0.3) is 0 Å². The number of aldehydes is 1. The van der Waals surface area contributed by atoms with Crippen molar-refractivity contribution in [1.82, 2.24) is 4.98 Å². The lowest BCUT2D eigenvalue weighted by molar-refractivity contribution is 0.0891. The Labute approximate surface area is 102 Å². The van der Waals surface area contributed by atoms with E-state index in [1.807, 2.05) is 13.0 Å². The van der Waals surface area contributed by atoms with Crippen molar-refractivity contribution in [2.45, 2.75) is 25.9 Å². The number of piperidine rings is 1. The molecule has 1 aliphatic heterocycles. The van der Waals surface area contributed by atoms with Crippen LogP contribution in [0.15, 0.2) is 12.3 Å². The van der Waals surface area contributed by atoms with Gasteiger partial charge in [-0.2, -0.15) is 0 Å². The second-order valence-electron chi connectivity index (χ2n) is 4.47. The van der Waals surface area contributed by atoms with Gasteiger partial charge in [-0.05, 0) is 31.4 Å². The number of carbonyl (C=O) groups excluding carboxylic acids is 1. The van der Waals surface area contributed by atoms with Crippen molar-refractivity contribution in [3.05, 3.63) is 23.4 Å². The molecule has 0 spiro atoms. The Morgan fingerprint density at radius 2 is 2.41 bits per heavy atom. The van der Waals surface area contributed by atoms with E-state index in [0.29, 0.717) is 5.56 Å². The molecule has 92 valence electrons. The van der Waals surface area contributed by atoms with Crippen molar-refractivity contribution in [3.63, 3.8) is 0 Å². The topological polar surface area (TPSA) is 42.4 Å². The van der Waals surface area contributed by atoms with E-state index in [9.17, 15) is 4.79 Å². The van der Waals surface area contributed by atoms with Crippen LogP contribution in [0.2, 0.25) is 0 Å². The van der Waals surface area contributed by atoms with E-state index in [2.05, 4.69) is 9.88 Å². The van der Waals surface area contributed by atoms with Crippen molar-refractivity contribution in [2.24, 2.45) is 0 Å². The number of nitrogens with zero attached hydrogens (tertiary/aromatic N) is 2. The Kier molecular flexibility index (Phi) is 3.74. The maximum Gasteiger partial charge on any atom is 0.151 e. The molecule has 4 heteroatoms. The van der Waals surface area contributed by atoms with Gasteiger partial charge in [0.15, 0.2) is 6.29 Å². The highest BCUT2D eigenvalue weighted by atomic mass is 16.5. The molecule has 1 aliphatic rings. The highest BCUT2D eigenvalue weighted by molar-refractivity contribution is 5.75. The number of ether oxygens (including phenoxy) is 1. The molecule has 0 amide bonds. The Bertz CT molecular complexity index is 406. The first-order valence-electron chi connectivity index (χ1n) is 5.94. The average molecular weight is 234 g/mol. The van der Waals surface area contributed by atoms with Crippen LogP contribution in [0, 0.1) is 6.92 Å². The summed E-state index contributed by atoms with van der Waals surface area (Å²) < 4.78 is 5.40. The van der Waals surface area contributed by atoms with Crippen molar-refractivity contribution < 1.29 is 9.53 Å². The third-order valence-corrected chi connectivity index (χ3v) is 3.22. The van der Waals surface area contributed by atoms with Gasteiger partial charge in [0.05, 0.1) is 6.10 Å². The van der Waals surface area contributed by atoms with Crippen molar-refractivity contribution >= 4 is 12.1 Å². The summed E-state index contributed by atoms with van der Waals surface area (Å²) in [4.78, 5) is 17.3. The van der Waals surface area contributed by atoms with E-state index in [4.69, 9.17) is 4.74 Å².